The van der Waals surface area contributed by atoms with Gasteiger partial charge in [-0.3, -0.25) is 0 Å². The first kappa shape index (κ1) is 10.4. The summed E-state index contributed by atoms with van der Waals surface area (Å²) in [4.78, 5) is 0. The number of benzene rings is 1. The predicted molar refractivity (Wildman–Crippen MR) is 54.9 cm³/mol. The van der Waals surface area contributed by atoms with Crippen molar-refractivity contribution in [2.75, 3.05) is 19.0 Å². The van der Waals surface area contributed by atoms with E-state index in [0.717, 1.165) is 0 Å². The highest BCUT2D eigenvalue weighted by molar-refractivity contribution is 5.57. The number of hydrogen-bond donors (Lipinski definition) is 1. The van der Waals surface area contributed by atoms with Crippen molar-refractivity contribution in [3.63, 3.8) is 0 Å². The number of ether oxygens (including phenoxy) is 1. The number of methoxy groups -OCH3 is 1. The first-order chi connectivity index (χ1) is 6.79. The van der Waals surface area contributed by atoms with Crippen LogP contribution in [0.1, 0.15) is 6.92 Å². The van der Waals surface area contributed by atoms with E-state index in [-0.39, 0.29) is 5.82 Å². The van der Waals surface area contributed by atoms with E-state index < -0.39 is 0 Å². The Balaban J connectivity index is 2.85. The van der Waals surface area contributed by atoms with Crippen LogP contribution in [0.15, 0.2) is 18.2 Å². The quantitative estimate of drug-likeness (QED) is 0.743. The van der Waals surface area contributed by atoms with Crippen molar-refractivity contribution in [2.24, 2.45) is 0 Å². The molecule has 1 rings (SSSR count). The fourth-order valence-corrected chi connectivity index (χ4v) is 1.07. The van der Waals surface area contributed by atoms with E-state index in [9.17, 15) is 4.39 Å². The Bertz CT molecular complexity index is 365. The van der Waals surface area contributed by atoms with E-state index in [0.29, 0.717) is 18.0 Å². The van der Waals surface area contributed by atoms with Gasteiger partial charge in [0.2, 0.25) is 0 Å². The Morgan fingerprint density at radius 3 is 2.93 bits per heavy atom. The van der Waals surface area contributed by atoms with Gasteiger partial charge in [0, 0.05) is 0 Å². The summed E-state index contributed by atoms with van der Waals surface area (Å²) < 4.78 is 18.3. The maximum Gasteiger partial charge on any atom is 0.150 e. The van der Waals surface area contributed by atoms with Crippen molar-refractivity contribution in [1.82, 2.24) is 0 Å². The summed E-state index contributed by atoms with van der Waals surface area (Å²) in [6.07, 6.45) is 0. The van der Waals surface area contributed by atoms with Crippen LogP contribution in [0.2, 0.25) is 0 Å². The van der Waals surface area contributed by atoms with Crippen LogP contribution in [0.3, 0.4) is 0 Å². The van der Waals surface area contributed by atoms with Gasteiger partial charge in [-0.1, -0.05) is 12.0 Å². The first-order valence-electron chi connectivity index (χ1n) is 4.25. The minimum Gasteiger partial charge on any atom is -0.494 e. The van der Waals surface area contributed by atoms with Crippen molar-refractivity contribution in [3.05, 3.63) is 24.0 Å². The molecule has 0 unspecified atom stereocenters. The van der Waals surface area contributed by atoms with Gasteiger partial charge in [0.05, 0.1) is 13.7 Å². The highest BCUT2D eigenvalue weighted by atomic mass is 19.1. The predicted octanol–water partition coefficient (Wildman–Crippen LogP) is 2.27. The smallest absolute Gasteiger partial charge is 0.150 e. The molecule has 0 saturated carbocycles. The van der Waals surface area contributed by atoms with Crippen LogP contribution in [-0.2, 0) is 0 Å². The molecule has 0 saturated heterocycles. The first-order valence-corrected chi connectivity index (χ1v) is 4.25. The molecule has 0 aliphatic rings. The van der Waals surface area contributed by atoms with Crippen molar-refractivity contribution in [1.29, 1.82) is 0 Å². The highest BCUT2D eigenvalue weighted by Gasteiger charge is 2.06. The molecule has 0 fully saturated rings. The van der Waals surface area contributed by atoms with Crippen LogP contribution < -0.4 is 10.1 Å². The molecule has 3 heteroatoms. The largest absolute Gasteiger partial charge is 0.494 e. The average Bonchev–Trinajstić information content (AvgIpc) is 2.20. The molecule has 0 spiro atoms. The normalized spacial score (nSPS) is 8.79. The fraction of sp³-hybridized carbons (Fsp3) is 0.273. The van der Waals surface area contributed by atoms with E-state index in [1.807, 2.05) is 0 Å². The standard InChI is InChI=1S/C11H12FNO/c1-3-4-8-13-11-9(12)6-5-7-10(11)14-2/h5-7,13H,8H2,1-2H3. The molecule has 1 N–H and O–H groups in total. The van der Waals surface area contributed by atoms with Gasteiger partial charge < -0.3 is 10.1 Å². The maximum atomic E-state index is 13.3. The molecule has 0 heterocycles. The number of hydrogen-bond acceptors (Lipinski definition) is 2. The monoisotopic (exact) mass is 193 g/mol. The van der Waals surface area contributed by atoms with Crippen LogP contribution in [-0.4, -0.2) is 13.7 Å². The topological polar surface area (TPSA) is 21.3 Å². The second kappa shape index (κ2) is 5.13. The molecule has 1 aromatic carbocycles. The third kappa shape index (κ3) is 2.40. The van der Waals surface area contributed by atoms with Gasteiger partial charge in [0.25, 0.3) is 0 Å². The Labute approximate surface area is 83.1 Å². The van der Waals surface area contributed by atoms with E-state index >= 15 is 0 Å². The van der Waals surface area contributed by atoms with Gasteiger partial charge in [-0.05, 0) is 19.1 Å². The molecule has 14 heavy (non-hydrogen) atoms. The van der Waals surface area contributed by atoms with Crippen LogP contribution in [0, 0.1) is 17.7 Å². The molecular formula is C11H12FNO. The molecule has 0 bridgehead atoms. The fourth-order valence-electron chi connectivity index (χ4n) is 1.07. The summed E-state index contributed by atoms with van der Waals surface area (Å²) >= 11 is 0. The molecule has 0 aliphatic carbocycles. The summed E-state index contributed by atoms with van der Waals surface area (Å²) in [5, 5.41) is 2.86. The third-order valence-corrected chi connectivity index (χ3v) is 1.73. The van der Waals surface area contributed by atoms with E-state index in [4.69, 9.17) is 4.74 Å². The molecule has 0 amide bonds. The van der Waals surface area contributed by atoms with Gasteiger partial charge in [-0.25, -0.2) is 4.39 Å². The molecule has 0 aliphatic heterocycles. The zero-order valence-electron chi connectivity index (χ0n) is 8.23. The molecule has 0 atom stereocenters. The number of nitrogens with one attached hydrogen (secondary N) is 1. The summed E-state index contributed by atoms with van der Waals surface area (Å²) in [5.74, 6) is 5.67. The lowest BCUT2D eigenvalue weighted by molar-refractivity contribution is 0.413. The average molecular weight is 193 g/mol. The molecule has 74 valence electrons. The molecule has 2 nitrogen and oxygen atoms in total. The molecule has 0 radical (unpaired) electrons. The number of anilines is 1. The second-order valence-electron chi connectivity index (χ2n) is 2.60. The molecular weight excluding hydrogens is 181 g/mol. The van der Waals surface area contributed by atoms with E-state index in [2.05, 4.69) is 17.2 Å². The van der Waals surface area contributed by atoms with Crippen LogP contribution in [0.5, 0.6) is 5.75 Å². The summed E-state index contributed by atoms with van der Waals surface area (Å²) in [6, 6.07) is 4.68. The van der Waals surface area contributed by atoms with E-state index in [1.165, 1.54) is 13.2 Å². The lowest BCUT2D eigenvalue weighted by Gasteiger charge is -2.09. The zero-order chi connectivity index (χ0) is 10.4. The Hall–Kier alpha value is -1.69. The van der Waals surface area contributed by atoms with Gasteiger partial charge in [0.1, 0.15) is 17.3 Å². The summed E-state index contributed by atoms with van der Waals surface area (Å²) in [6.45, 7) is 2.15. The summed E-state index contributed by atoms with van der Waals surface area (Å²) in [5.41, 5.74) is 0.359. The van der Waals surface area contributed by atoms with Crippen LogP contribution >= 0.6 is 0 Å². The number of halogens is 1. The van der Waals surface area contributed by atoms with Gasteiger partial charge in [-0.15, -0.1) is 5.92 Å². The van der Waals surface area contributed by atoms with Gasteiger partial charge >= 0.3 is 0 Å². The van der Waals surface area contributed by atoms with Crippen LogP contribution in [0.25, 0.3) is 0 Å². The highest BCUT2D eigenvalue weighted by Crippen LogP contribution is 2.26. The van der Waals surface area contributed by atoms with Crippen molar-refractivity contribution in [3.8, 4) is 17.6 Å². The molecule has 1 aromatic rings. The van der Waals surface area contributed by atoms with Crippen molar-refractivity contribution in [2.45, 2.75) is 6.92 Å². The van der Waals surface area contributed by atoms with Gasteiger partial charge in [-0.2, -0.15) is 0 Å². The van der Waals surface area contributed by atoms with E-state index in [1.54, 1.807) is 19.1 Å². The zero-order valence-corrected chi connectivity index (χ0v) is 8.23. The SMILES string of the molecule is CC#CCNc1c(F)cccc1OC. The Morgan fingerprint density at radius 1 is 1.50 bits per heavy atom. The lowest BCUT2D eigenvalue weighted by Crippen LogP contribution is -2.03. The van der Waals surface area contributed by atoms with Gasteiger partial charge in [0.15, 0.2) is 0 Å². The minimum atomic E-state index is -0.331. The Kier molecular flexibility index (Phi) is 3.81. The van der Waals surface area contributed by atoms with Crippen LogP contribution in [0.4, 0.5) is 10.1 Å². The maximum absolute atomic E-state index is 13.3. The Morgan fingerprint density at radius 2 is 2.29 bits per heavy atom. The second-order valence-corrected chi connectivity index (χ2v) is 2.60. The third-order valence-electron chi connectivity index (χ3n) is 1.73. The minimum absolute atomic E-state index is 0.331. The summed E-state index contributed by atoms with van der Waals surface area (Å²) in [7, 11) is 1.51. The number of rotatable bonds is 3. The number of para-hydroxylation sites is 1. The van der Waals surface area contributed by atoms with Crippen molar-refractivity contribution < 1.29 is 9.13 Å². The van der Waals surface area contributed by atoms with Crippen molar-refractivity contribution >= 4 is 5.69 Å². The molecule has 0 aromatic heterocycles. The lowest BCUT2D eigenvalue weighted by atomic mass is 10.2.